The number of fused-ring (bicyclic) bond motifs is 2. The van der Waals surface area contributed by atoms with Crippen molar-refractivity contribution in [2.75, 3.05) is 7.05 Å². The van der Waals surface area contributed by atoms with Crippen LogP contribution in [0.25, 0.3) is 5.52 Å². The van der Waals surface area contributed by atoms with Crippen molar-refractivity contribution in [3.05, 3.63) is 65.0 Å². The zero-order valence-corrected chi connectivity index (χ0v) is 19.8. The Bertz CT molecular complexity index is 1120. The maximum absolute atomic E-state index is 10.5. The Balaban J connectivity index is 0.000000174. The number of hydrogen-bond acceptors (Lipinski definition) is 5. The van der Waals surface area contributed by atoms with E-state index in [1.807, 2.05) is 32.3 Å². The van der Waals surface area contributed by atoms with Gasteiger partial charge in [0.25, 0.3) is 0 Å². The van der Waals surface area contributed by atoms with Gasteiger partial charge in [-0.25, -0.2) is 4.52 Å². The fourth-order valence-electron chi connectivity index (χ4n) is 4.26. The molecule has 1 aliphatic carbocycles. The molecule has 0 bridgehead atoms. The van der Waals surface area contributed by atoms with E-state index in [9.17, 15) is 4.79 Å². The Labute approximate surface area is 190 Å². The van der Waals surface area contributed by atoms with Crippen molar-refractivity contribution in [3.8, 4) is 0 Å². The standard InChI is InChI=1S/C16H24BNO2.C9H8N2O/c1-15(2)16(3,4)20-17(19-15)12-7-8-13-11(10-12)6-9-14(13)18-5;1-7-2-3-11-9(4-7)8(6-12)5-10-11/h7-8,10,14,18H,6,9H2,1-5H3;2-6H,1H3. The highest BCUT2D eigenvalue weighted by Crippen LogP contribution is 2.37. The van der Waals surface area contributed by atoms with Crippen LogP contribution in [0.5, 0.6) is 0 Å². The normalized spacial score (nSPS) is 20.7. The molecule has 0 saturated carbocycles. The van der Waals surface area contributed by atoms with Crippen LogP contribution in [0.15, 0.2) is 42.7 Å². The third-order valence-corrected chi connectivity index (χ3v) is 6.95. The van der Waals surface area contributed by atoms with Crippen molar-refractivity contribution in [2.45, 2.75) is 64.7 Å². The van der Waals surface area contributed by atoms with E-state index in [-0.39, 0.29) is 18.3 Å². The van der Waals surface area contributed by atoms with Gasteiger partial charge in [0.1, 0.15) is 0 Å². The van der Waals surface area contributed by atoms with E-state index in [0.717, 1.165) is 29.2 Å². The first-order chi connectivity index (χ1) is 15.1. The van der Waals surface area contributed by atoms with E-state index in [2.05, 4.69) is 56.3 Å². The predicted molar refractivity (Wildman–Crippen MR) is 128 cm³/mol. The summed E-state index contributed by atoms with van der Waals surface area (Å²) < 4.78 is 13.9. The van der Waals surface area contributed by atoms with Crippen LogP contribution in [0.4, 0.5) is 0 Å². The maximum Gasteiger partial charge on any atom is 0.494 e. The van der Waals surface area contributed by atoms with Gasteiger partial charge in [0.2, 0.25) is 0 Å². The molecule has 2 aliphatic rings. The first-order valence-electron chi connectivity index (χ1n) is 11.2. The summed E-state index contributed by atoms with van der Waals surface area (Å²) in [6.07, 6.45) is 6.55. The smallest absolute Gasteiger partial charge is 0.399 e. The third-order valence-electron chi connectivity index (χ3n) is 6.95. The molecule has 0 amide bonds. The molecule has 1 fully saturated rings. The van der Waals surface area contributed by atoms with Crippen molar-refractivity contribution in [3.63, 3.8) is 0 Å². The van der Waals surface area contributed by atoms with Crippen molar-refractivity contribution < 1.29 is 14.1 Å². The predicted octanol–water partition coefficient (Wildman–Crippen LogP) is 3.65. The molecule has 1 aliphatic heterocycles. The van der Waals surface area contributed by atoms with Crippen LogP contribution < -0.4 is 10.8 Å². The lowest BCUT2D eigenvalue weighted by Crippen LogP contribution is -2.41. The van der Waals surface area contributed by atoms with E-state index in [4.69, 9.17) is 9.31 Å². The molecule has 168 valence electrons. The molecule has 1 unspecified atom stereocenters. The number of benzene rings is 1. The quantitative estimate of drug-likeness (QED) is 0.505. The van der Waals surface area contributed by atoms with Crippen molar-refractivity contribution in [1.29, 1.82) is 0 Å². The number of carbonyl (C=O) groups excluding carboxylic acids is 1. The molecule has 1 saturated heterocycles. The van der Waals surface area contributed by atoms with E-state index < -0.39 is 0 Å². The van der Waals surface area contributed by atoms with Crippen LogP contribution in [0.1, 0.15) is 67.2 Å². The molecule has 32 heavy (non-hydrogen) atoms. The fourth-order valence-corrected chi connectivity index (χ4v) is 4.26. The van der Waals surface area contributed by atoms with Gasteiger partial charge in [-0.05, 0) is 88.8 Å². The number of hydrogen-bond donors (Lipinski definition) is 1. The fraction of sp³-hybridized carbons (Fsp3) is 0.440. The Kier molecular flexibility index (Phi) is 6.01. The average Bonchev–Trinajstić information content (AvgIpc) is 3.41. The van der Waals surface area contributed by atoms with Gasteiger partial charge in [0.15, 0.2) is 6.29 Å². The van der Waals surface area contributed by atoms with Gasteiger partial charge in [-0.3, -0.25) is 4.79 Å². The van der Waals surface area contributed by atoms with Gasteiger partial charge in [-0.15, -0.1) is 0 Å². The number of aldehydes is 1. The molecule has 3 aromatic rings. The molecule has 1 N–H and O–H groups in total. The molecule has 0 spiro atoms. The largest absolute Gasteiger partial charge is 0.494 e. The summed E-state index contributed by atoms with van der Waals surface area (Å²) in [5.41, 5.74) is 6.08. The van der Waals surface area contributed by atoms with Crippen LogP contribution >= 0.6 is 0 Å². The van der Waals surface area contributed by atoms with E-state index in [0.29, 0.717) is 11.6 Å². The molecular weight excluding hydrogens is 401 g/mol. The molecule has 1 aromatic carbocycles. The van der Waals surface area contributed by atoms with Crippen LogP contribution in [-0.2, 0) is 15.7 Å². The number of nitrogens with zero attached hydrogens (tertiary/aromatic N) is 2. The monoisotopic (exact) mass is 433 g/mol. The molecule has 0 radical (unpaired) electrons. The highest BCUT2D eigenvalue weighted by atomic mass is 16.7. The Morgan fingerprint density at radius 3 is 2.53 bits per heavy atom. The second-order valence-corrected chi connectivity index (χ2v) is 9.68. The van der Waals surface area contributed by atoms with Crippen LogP contribution in [0.3, 0.4) is 0 Å². The van der Waals surface area contributed by atoms with Crippen molar-refractivity contribution in [1.82, 2.24) is 14.9 Å². The van der Waals surface area contributed by atoms with E-state index >= 15 is 0 Å². The summed E-state index contributed by atoms with van der Waals surface area (Å²) in [4.78, 5) is 10.5. The van der Waals surface area contributed by atoms with Crippen molar-refractivity contribution in [2.24, 2.45) is 0 Å². The minimum absolute atomic E-state index is 0.251. The number of carbonyl (C=O) groups is 1. The van der Waals surface area contributed by atoms with Crippen LogP contribution in [-0.4, -0.2) is 41.3 Å². The number of rotatable bonds is 3. The topological polar surface area (TPSA) is 64.9 Å². The second-order valence-electron chi connectivity index (χ2n) is 9.68. The highest BCUT2D eigenvalue weighted by Gasteiger charge is 2.51. The number of aryl methyl sites for hydroxylation is 2. The summed E-state index contributed by atoms with van der Waals surface area (Å²) in [5.74, 6) is 0. The molecule has 3 heterocycles. The summed E-state index contributed by atoms with van der Waals surface area (Å²) in [6, 6.07) is 11.0. The summed E-state index contributed by atoms with van der Waals surface area (Å²) in [5, 5.41) is 7.39. The number of aromatic nitrogens is 2. The van der Waals surface area contributed by atoms with Gasteiger partial charge in [-0.2, -0.15) is 5.10 Å². The number of pyridine rings is 1. The lowest BCUT2D eigenvalue weighted by molar-refractivity contribution is 0.00578. The van der Waals surface area contributed by atoms with Gasteiger partial charge in [0.05, 0.1) is 28.5 Å². The van der Waals surface area contributed by atoms with Gasteiger partial charge in [0, 0.05) is 12.2 Å². The molecule has 7 heteroatoms. The maximum atomic E-state index is 10.5. The first-order valence-corrected chi connectivity index (χ1v) is 11.2. The number of nitrogens with one attached hydrogen (secondary N) is 1. The lowest BCUT2D eigenvalue weighted by atomic mass is 9.78. The minimum Gasteiger partial charge on any atom is -0.399 e. The SMILES string of the molecule is CNC1CCc2cc(B3OC(C)(C)C(C)(C)O3)ccc21.Cc1ccn2ncc(C=O)c2c1. The molecular formula is C25H32BN3O3. The van der Waals surface area contributed by atoms with E-state index in [1.165, 1.54) is 17.5 Å². The summed E-state index contributed by atoms with van der Waals surface area (Å²) in [6.45, 7) is 10.4. The van der Waals surface area contributed by atoms with Crippen LogP contribution in [0.2, 0.25) is 0 Å². The summed E-state index contributed by atoms with van der Waals surface area (Å²) in [7, 11) is 1.78. The first kappa shape index (κ1) is 22.7. The lowest BCUT2D eigenvalue weighted by Gasteiger charge is -2.32. The zero-order chi connectivity index (χ0) is 23.1. The zero-order valence-electron chi connectivity index (χ0n) is 19.8. The van der Waals surface area contributed by atoms with Gasteiger partial charge >= 0.3 is 7.12 Å². The molecule has 1 atom stereocenters. The Morgan fingerprint density at radius 1 is 1.16 bits per heavy atom. The highest BCUT2D eigenvalue weighted by molar-refractivity contribution is 6.62. The second kappa shape index (κ2) is 8.47. The van der Waals surface area contributed by atoms with Gasteiger partial charge < -0.3 is 14.6 Å². The van der Waals surface area contributed by atoms with Crippen LogP contribution in [0, 0.1) is 6.92 Å². The average molecular weight is 433 g/mol. The third kappa shape index (κ3) is 4.12. The molecule has 5 rings (SSSR count). The van der Waals surface area contributed by atoms with Gasteiger partial charge in [-0.1, -0.05) is 18.2 Å². The Morgan fingerprint density at radius 2 is 1.88 bits per heavy atom. The molecule has 2 aromatic heterocycles. The Hall–Kier alpha value is -2.48. The summed E-state index contributed by atoms with van der Waals surface area (Å²) >= 11 is 0. The minimum atomic E-state index is -0.274. The van der Waals surface area contributed by atoms with E-state index in [1.54, 1.807) is 10.7 Å². The molecule has 6 nitrogen and oxygen atoms in total. The van der Waals surface area contributed by atoms with Crippen molar-refractivity contribution >= 4 is 24.4 Å².